The number of fused-ring (bicyclic) bond motifs is 2. The number of rotatable bonds is 1. The molecule has 1 aliphatic heterocycles. The Morgan fingerprint density at radius 2 is 1.91 bits per heavy atom. The third-order valence-corrected chi connectivity index (χ3v) is 4.82. The van der Waals surface area contributed by atoms with E-state index in [0.29, 0.717) is 0 Å². The molecule has 0 spiro atoms. The van der Waals surface area contributed by atoms with Crippen LogP contribution in [0.5, 0.6) is 0 Å². The number of H-pyrrole nitrogens is 1. The van der Waals surface area contributed by atoms with Gasteiger partial charge in [0, 0.05) is 29.4 Å². The molecule has 0 bridgehead atoms. The smallest absolute Gasteiger partial charge is 0.138 e. The maximum absolute atomic E-state index is 4.70. The maximum Gasteiger partial charge on any atom is 0.138 e. The van der Waals surface area contributed by atoms with Gasteiger partial charge in [-0.05, 0) is 35.9 Å². The summed E-state index contributed by atoms with van der Waals surface area (Å²) in [6.07, 6.45) is 0. The molecule has 0 radical (unpaired) electrons. The third kappa shape index (κ3) is 1.65. The lowest BCUT2D eigenvalue weighted by Crippen LogP contribution is -2.21. The number of para-hydroxylation sites is 2. The van der Waals surface area contributed by atoms with Crippen LogP contribution in [0.3, 0.4) is 0 Å². The molecule has 3 aromatic rings. The van der Waals surface area contributed by atoms with Crippen LogP contribution in [0.4, 0.5) is 5.69 Å². The van der Waals surface area contributed by atoms with E-state index >= 15 is 0 Å². The second-order valence-corrected chi connectivity index (χ2v) is 6.47. The van der Waals surface area contributed by atoms with Gasteiger partial charge in [0.1, 0.15) is 5.82 Å². The molecule has 4 rings (SSSR count). The van der Waals surface area contributed by atoms with Crippen LogP contribution in [0.25, 0.3) is 22.4 Å². The SMILES string of the molecule is C=C1N(C)c2ccc(-c3nc4ccccc4[nH]3)cc2C1(C)C. The van der Waals surface area contributed by atoms with Crippen molar-refractivity contribution in [1.82, 2.24) is 9.97 Å². The third-order valence-electron chi connectivity index (χ3n) is 4.82. The minimum Gasteiger partial charge on any atom is -0.348 e. The molecule has 1 aliphatic rings. The van der Waals surface area contributed by atoms with Crippen LogP contribution in [0, 0.1) is 0 Å². The molecule has 0 saturated heterocycles. The Morgan fingerprint density at radius 1 is 1.14 bits per heavy atom. The van der Waals surface area contributed by atoms with Crippen LogP contribution in [0.1, 0.15) is 19.4 Å². The predicted molar refractivity (Wildman–Crippen MR) is 92.1 cm³/mol. The van der Waals surface area contributed by atoms with Gasteiger partial charge in [-0.3, -0.25) is 0 Å². The van der Waals surface area contributed by atoms with Crippen molar-refractivity contribution in [1.29, 1.82) is 0 Å². The lowest BCUT2D eigenvalue weighted by molar-refractivity contribution is 0.643. The highest BCUT2D eigenvalue weighted by Gasteiger charge is 2.37. The van der Waals surface area contributed by atoms with E-state index in [4.69, 9.17) is 4.98 Å². The van der Waals surface area contributed by atoms with Gasteiger partial charge in [0.25, 0.3) is 0 Å². The molecule has 0 fully saturated rings. The summed E-state index contributed by atoms with van der Waals surface area (Å²) in [6.45, 7) is 8.69. The fourth-order valence-electron chi connectivity index (χ4n) is 3.29. The summed E-state index contributed by atoms with van der Waals surface area (Å²) >= 11 is 0. The molecule has 0 atom stereocenters. The number of aromatic nitrogens is 2. The standard InChI is InChI=1S/C19H19N3/c1-12-19(2,3)14-11-13(9-10-17(14)22(12)4)18-20-15-7-5-6-8-16(15)21-18/h5-11H,1H2,2-4H3,(H,20,21). The number of allylic oxidation sites excluding steroid dienone is 1. The largest absolute Gasteiger partial charge is 0.348 e. The van der Waals surface area contributed by atoms with Crippen LogP contribution < -0.4 is 4.90 Å². The molecule has 0 aliphatic carbocycles. The Labute approximate surface area is 130 Å². The number of likely N-dealkylation sites (N-methyl/N-ethyl adjacent to an activating group) is 1. The minimum absolute atomic E-state index is 0.0495. The molecule has 1 aromatic heterocycles. The first-order valence-electron chi connectivity index (χ1n) is 7.51. The molecule has 3 nitrogen and oxygen atoms in total. The summed E-state index contributed by atoms with van der Waals surface area (Å²) in [5, 5.41) is 0. The molecule has 0 amide bonds. The number of aromatic amines is 1. The molecule has 22 heavy (non-hydrogen) atoms. The molecule has 0 saturated carbocycles. The van der Waals surface area contributed by atoms with Crippen molar-refractivity contribution in [3.05, 3.63) is 60.3 Å². The fourth-order valence-corrected chi connectivity index (χ4v) is 3.29. The second kappa shape index (κ2) is 4.23. The number of hydrogen-bond acceptors (Lipinski definition) is 2. The van der Waals surface area contributed by atoms with Gasteiger partial charge in [0.2, 0.25) is 0 Å². The van der Waals surface area contributed by atoms with Gasteiger partial charge < -0.3 is 9.88 Å². The van der Waals surface area contributed by atoms with E-state index in [9.17, 15) is 0 Å². The zero-order valence-corrected chi connectivity index (χ0v) is 13.1. The summed E-state index contributed by atoms with van der Waals surface area (Å²) in [6, 6.07) is 14.6. The van der Waals surface area contributed by atoms with E-state index in [1.807, 2.05) is 18.2 Å². The lowest BCUT2D eigenvalue weighted by atomic mass is 9.84. The van der Waals surface area contributed by atoms with Crippen molar-refractivity contribution in [3.8, 4) is 11.4 Å². The molecule has 1 N–H and O–H groups in total. The Hall–Kier alpha value is -2.55. The van der Waals surface area contributed by atoms with Crippen molar-refractivity contribution < 1.29 is 0 Å². The highest BCUT2D eigenvalue weighted by Crippen LogP contribution is 2.47. The highest BCUT2D eigenvalue weighted by molar-refractivity contribution is 5.81. The number of imidazole rings is 1. The van der Waals surface area contributed by atoms with E-state index in [1.165, 1.54) is 11.3 Å². The van der Waals surface area contributed by atoms with Crippen molar-refractivity contribution in [2.75, 3.05) is 11.9 Å². The Balaban J connectivity index is 1.89. The number of nitrogens with one attached hydrogen (secondary N) is 1. The lowest BCUT2D eigenvalue weighted by Gasteiger charge is -2.22. The van der Waals surface area contributed by atoms with E-state index in [-0.39, 0.29) is 5.41 Å². The van der Waals surface area contributed by atoms with Gasteiger partial charge in [0.05, 0.1) is 11.0 Å². The molecule has 3 heteroatoms. The quantitative estimate of drug-likeness (QED) is 0.716. The summed E-state index contributed by atoms with van der Waals surface area (Å²) in [4.78, 5) is 10.3. The highest BCUT2D eigenvalue weighted by atomic mass is 15.1. The van der Waals surface area contributed by atoms with Crippen LogP contribution in [0.15, 0.2) is 54.7 Å². The van der Waals surface area contributed by atoms with Gasteiger partial charge in [-0.25, -0.2) is 4.98 Å². The van der Waals surface area contributed by atoms with Gasteiger partial charge in [-0.15, -0.1) is 0 Å². The number of nitrogens with zero attached hydrogens (tertiary/aromatic N) is 2. The summed E-state index contributed by atoms with van der Waals surface area (Å²) < 4.78 is 0. The van der Waals surface area contributed by atoms with Crippen molar-refractivity contribution in [2.45, 2.75) is 19.3 Å². The first-order valence-corrected chi connectivity index (χ1v) is 7.51. The van der Waals surface area contributed by atoms with Crippen LogP contribution in [0.2, 0.25) is 0 Å². The first kappa shape index (κ1) is 13.1. The normalized spacial score (nSPS) is 16.3. The Kier molecular flexibility index (Phi) is 2.52. The molecule has 110 valence electrons. The zero-order valence-electron chi connectivity index (χ0n) is 13.1. The fraction of sp³-hybridized carbons (Fsp3) is 0.211. The molecular weight excluding hydrogens is 270 g/mol. The first-order chi connectivity index (χ1) is 10.5. The average Bonchev–Trinajstić information content (AvgIpc) is 3.02. The summed E-state index contributed by atoms with van der Waals surface area (Å²) in [7, 11) is 2.08. The summed E-state index contributed by atoms with van der Waals surface area (Å²) in [5.74, 6) is 0.917. The molecule has 0 unspecified atom stereocenters. The van der Waals surface area contributed by atoms with Crippen molar-refractivity contribution in [2.24, 2.45) is 0 Å². The van der Waals surface area contributed by atoms with Crippen molar-refractivity contribution in [3.63, 3.8) is 0 Å². The van der Waals surface area contributed by atoms with Crippen LogP contribution in [-0.4, -0.2) is 17.0 Å². The number of hydrogen-bond donors (Lipinski definition) is 1. The van der Waals surface area contributed by atoms with E-state index < -0.39 is 0 Å². The van der Waals surface area contributed by atoms with Crippen LogP contribution in [-0.2, 0) is 5.41 Å². The van der Waals surface area contributed by atoms with Crippen molar-refractivity contribution >= 4 is 16.7 Å². The topological polar surface area (TPSA) is 31.9 Å². The maximum atomic E-state index is 4.70. The van der Waals surface area contributed by atoms with Gasteiger partial charge in [0.15, 0.2) is 0 Å². The molecule has 2 aromatic carbocycles. The Bertz CT molecular complexity index is 869. The predicted octanol–water partition coefficient (Wildman–Crippen LogP) is 4.47. The zero-order chi connectivity index (χ0) is 15.5. The number of anilines is 1. The molecule has 2 heterocycles. The second-order valence-electron chi connectivity index (χ2n) is 6.47. The van der Waals surface area contributed by atoms with E-state index in [0.717, 1.165) is 28.1 Å². The van der Waals surface area contributed by atoms with Gasteiger partial charge >= 0.3 is 0 Å². The van der Waals surface area contributed by atoms with E-state index in [1.54, 1.807) is 0 Å². The van der Waals surface area contributed by atoms with Gasteiger partial charge in [-0.2, -0.15) is 0 Å². The average molecular weight is 289 g/mol. The monoisotopic (exact) mass is 289 g/mol. The molecular formula is C19H19N3. The summed E-state index contributed by atoms with van der Waals surface area (Å²) in [5.41, 5.74) is 6.80. The number of benzene rings is 2. The van der Waals surface area contributed by atoms with Crippen LogP contribution >= 0.6 is 0 Å². The van der Waals surface area contributed by atoms with Gasteiger partial charge in [-0.1, -0.05) is 32.6 Å². The Morgan fingerprint density at radius 3 is 2.68 bits per heavy atom. The van der Waals surface area contributed by atoms with E-state index in [2.05, 4.69) is 61.6 Å². The minimum atomic E-state index is -0.0495.